The summed E-state index contributed by atoms with van der Waals surface area (Å²) < 4.78 is 0. The van der Waals surface area contributed by atoms with Crippen LogP contribution in [0.15, 0.2) is 48.5 Å². The lowest BCUT2D eigenvalue weighted by atomic mass is 9.93. The van der Waals surface area contributed by atoms with Crippen LogP contribution < -0.4 is 4.90 Å². The first-order valence-corrected chi connectivity index (χ1v) is 9.70. The molecule has 0 radical (unpaired) electrons. The molecule has 0 saturated carbocycles. The van der Waals surface area contributed by atoms with Gasteiger partial charge in [0.1, 0.15) is 11.8 Å². The minimum Gasteiger partial charge on any atom is -0.506 e. The lowest BCUT2D eigenvalue weighted by Gasteiger charge is -2.41. The molecule has 1 N–H and O–H groups in total. The molecule has 2 aliphatic heterocycles. The van der Waals surface area contributed by atoms with E-state index >= 15 is 0 Å². The van der Waals surface area contributed by atoms with Crippen molar-refractivity contribution in [3.63, 3.8) is 0 Å². The molecule has 6 nitrogen and oxygen atoms in total. The SMILES string of the molecule is CC(=O)N1Cc2ccccc2CC1C(=O)N1CCN(c2ccccc2O)CC1. The van der Waals surface area contributed by atoms with Crippen LogP contribution in [0.3, 0.4) is 0 Å². The number of fused-ring (bicyclic) bond motifs is 1. The molecule has 1 atom stereocenters. The summed E-state index contributed by atoms with van der Waals surface area (Å²) in [5.41, 5.74) is 3.06. The van der Waals surface area contributed by atoms with Gasteiger partial charge in [-0.2, -0.15) is 0 Å². The number of rotatable bonds is 2. The number of nitrogens with zero attached hydrogens (tertiary/aromatic N) is 3. The fraction of sp³-hybridized carbons (Fsp3) is 0.364. The number of anilines is 1. The van der Waals surface area contributed by atoms with Gasteiger partial charge in [-0.25, -0.2) is 0 Å². The average molecular weight is 379 g/mol. The molecule has 146 valence electrons. The van der Waals surface area contributed by atoms with E-state index < -0.39 is 6.04 Å². The van der Waals surface area contributed by atoms with Crippen LogP contribution >= 0.6 is 0 Å². The highest BCUT2D eigenvalue weighted by Crippen LogP contribution is 2.28. The first-order chi connectivity index (χ1) is 13.5. The lowest BCUT2D eigenvalue weighted by Crippen LogP contribution is -2.57. The number of aromatic hydroxyl groups is 1. The number of hydrogen-bond acceptors (Lipinski definition) is 4. The molecule has 0 bridgehead atoms. The minimum absolute atomic E-state index is 0.0154. The Balaban J connectivity index is 1.47. The summed E-state index contributed by atoms with van der Waals surface area (Å²) in [6, 6.07) is 14.8. The minimum atomic E-state index is -0.441. The Bertz CT molecular complexity index is 890. The molecule has 2 aromatic carbocycles. The second-order valence-corrected chi connectivity index (χ2v) is 7.44. The van der Waals surface area contributed by atoms with Crippen LogP contribution in [0.2, 0.25) is 0 Å². The molecule has 1 saturated heterocycles. The van der Waals surface area contributed by atoms with Crippen molar-refractivity contribution in [2.45, 2.75) is 25.9 Å². The van der Waals surface area contributed by atoms with Crippen molar-refractivity contribution in [3.05, 3.63) is 59.7 Å². The zero-order valence-electron chi connectivity index (χ0n) is 16.0. The van der Waals surface area contributed by atoms with Crippen molar-refractivity contribution in [1.29, 1.82) is 0 Å². The molecular formula is C22H25N3O3. The van der Waals surface area contributed by atoms with Gasteiger partial charge in [-0.3, -0.25) is 9.59 Å². The Morgan fingerprint density at radius 1 is 0.929 bits per heavy atom. The smallest absolute Gasteiger partial charge is 0.245 e. The Kier molecular flexibility index (Phi) is 4.94. The van der Waals surface area contributed by atoms with E-state index in [9.17, 15) is 14.7 Å². The molecule has 2 aliphatic rings. The van der Waals surface area contributed by atoms with Crippen LogP contribution in [-0.4, -0.2) is 58.9 Å². The monoisotopic (exact) mass is 379 g/mol. The number of carbonyl (C=O) groups excluding carboxylic acids is 2. The summed E-state index contributed by atoms with van der Waals surface area (Å²) in [4.78, 5) is 31.1. The van der Waals surface area contributed by atoms with Gasteiger partial charge in [-0.15, -0.1) is 0 Å². The molecule has 0 spiro atoms. The van der Waals surface area contributed by atoms with Crippen molar-refractivity contribution < 1.29 is 14.7 Å². The maximum Gasteiger partial charge on any atom is 0.245 e. The van der Waals surface area contributed by atoms with E-state index in [4.69, 9.17) is 0 Å². The number of piperazine rings is 1. The third-order valence-electron chi connectivity index (χ3n) is 5.75. The Morgan fingerprint density at radius 3 is 2.25 bits per heavy atom. The van der Waals surface area contributed by atoms with Gasteiger partial charge in [-0.1, -0.05) is 36.4 Å². The van der Waals surface area contributed by atoms with Gasteiger partial charge in [0.05, 0.1) is 5.69 Å². The van der Waals surface area contributed by atoms with Crippen LogP contribution in [-0.2, 0) is 22.6 Å². The summed E-state index contributed by atoms with van der Waals surface area (Å²) in [6.45, 7) is 4.50. The fourth-order valence-electron chi connectivity index (χ4n) is 4.18. The second kappa shape index (κ2) is 7.54. The van der Waals surface area contributed by atoms with Crippen molar-refractivity contribution >= 4 is 17.5 Å². The van der Waals surface area contributed by atoms with Gasteiger partial charge >= 0.3 is 0 Å². The second-order valence-electron chi connectivity index (χ2n) is 7.44. The summed E-state index contributed by atoms with van der Waals surface area (Å²) in [5, 5.41) is 10.1. The normalized spacial score (nSPS) is 19.3. The first-order valence-electron chi connectivity index (χ1n) is 9.70. The lowest BCUT2D eigenvalue weighted by molar-refractivity contribution is -0.146. The molecule has 0 aromatic heterocycles. The number of phenolic OH excluding ortho intramolecular Hbond substituents is 1. The first kappa shape index (κ1) is 18.3. The van der Waals surface area contributed by atoms with Gasteiger partial charge in [-0.05, 0) is 23.3 Å². The zero-order valence-corrected chi connectivity index (χ0v) is 16.0. The number of hydrogen-bond donors (Lipinski definition) is 1. The Hall–Kier alpha value is -3.02. The quantitative estimate of drug-likeness (QED) is 0.867. The summed E-state index contributed by atoms with van der Waals surface area (Å²) in [5.74, 6) is 0.205. The number of para-hydroxylation sites is 2. The fourth-order valence-corrected chi connectivity index (χ4v) is 4.18. The molecule has 1 fully saturated rings. The van der Waals surface area contributed by atoms with E-state index in [2.05, 4.69) is 4.90 Å². The number of carbonyl (C=O) groups is 2. The molecule has 2 amide bonds. The molecule has 28 heavy (non-hydrogen) atoms. The standard InChI is InChI=1S/C22H25N3O3/c1-16(26)25-15-18-7-3-2-6-17(18)14-20(25)22(28)24-12-10-23(11-13-24)19-8-4-5-9-21(19)27/h2-9,20,27H,10-15H2,1H3. The maximum absolute atomic E-state index is 13.3. The molecule has 4 rings (SSSR count). The number of benzene rings is 2. The predicted octanol–water partition coefficient (Wildman–Crippen LogP) is 2.01. The van der Waals surface area contributed by atoms with E-state index in [-0.39, 0.29) is 17.6 Å². The summed E-state index contributed by atoms with van der Waals surface area (Å²) >= 11 is 0. The molecule has 2 aromatic rings. The molecule has 0 aliphatic carbocycles. The van der Waals surface area contributed by atoms with Crippen LogP contribution in [0, 0.1) is 0 Å². The highest BCUT2D eigenvalue weighted by Gasteiger charge is 2.36. The average Bonchev–Trinajstić information content (AvgIpc) is 2.73. The van der Waals surface area contributed by atoms with Crippen LogP contribution in [0.5, 0.6) is 5.75 Å². The van der Waals surface area contributed by atoms with Crippen LogP contribution in [0.25, 0.3) is 0 Å². The van der Waals surface area contributed by atoms with Crippen molar-refractivity contribution in [3.8, 4) is 5.75 Å². The maximum atomic E-state index is 13.3. The van der Waals surface area contributed by atoms with Crippen molar-refractivity contribution in [1.82, 2.24) is 9.80 Å². The van der Waals surface area contributed by atoms with Crippen LogP contribution in [0.1, 0.15) is 18.1 Å². The Morgan fingerprint density at radius 2 is 1.57 bits per heavy atom. The van der Waals surface area contributed by atoms with E-state index in [0.717, 1.165) is 16.8 Å². The number of amides is 2. The molecular weight excluding hydrogens is 354 g/mol. The van der Waals surface area contributed by atoms with Gasteiger partial charge in [0.25, 0.3) is 0 Å². The van der Waals surface area contributed by atoms with Gasteiger partial charge in [0, 0.05) is 46.1 Å². The van der Waals surface area contributed by atoms with E-state index in [0.29, 0.717) is 39.1 Å². The van der Waals surface area contributed by atoms with E-state index in [1.54, 1.807) is 17.0 Å². The summed E-state index contributed by atoms with van der Waals surface area (Å²) in [7, 11) is 0. The Labute approximate surface area is 165 Å². The largest absolute Gasteiger partial charge is 0.506 e. The van der Waals surface area contributed by atoms with Gasteiger partial charge in [0.15, 0.2) is 0 Å². The zero-order chi connectivity index (χ0) is 19.7. The number of phenols is 1. The predicted molar refractivity (Wildman–Crippen MR) is 107 cm³/mol. The van der Waals surface area contributed by atoms with E-state index in [1.807, 2.05) is 41.3 Å². The van der Waals surface area contributed by atoms with E-state index in [1.165, 1.54) is 6.92 Å². The van der Waals surface area contributed by atoms with Crippen LogP contribution in [0.4, 0.5) is 5.69 Å². The highest BCUT2D eigenvalue weighted by atomic mass is 16.3. The molecule has 6 heteroatoms. The summed E-state index contributed by atoms with van der Waals surface area (Å²) in [6.07, 6.45) is 0.564. The van der Waals surface area contributed by atoms with Crippen molar-refractivity contribution in [2.24, 2.45) is 0 Å². The van der Waals surface area contributed by atoms with Gasteiger partial charge in [0.2, 0.25) is 11.8 Å². The van der Waals surface area contributed by atoms with Gasteiger partial charge < -0.3 is 19.8 Å². The topological polar surface area (TPSA) is 64.1 Å². The molecule has 1 unspecified atom stereocenters. The third-order valence-corrected chi connectivity index (χ3v) is 5.75. The third kappa shape index (κ3) is 3.42. The molecule has 2 heterocycles. The highest BCUT2D eigenvalue weighted by molar-refractivity contribution is 5.88. The van der Waals surface area contributed by atoms with Crippen molar-refractivity contribution in [2.75, 3.05) is 31.1 Å².